The molecule has 0 aromatic heterocycles. The van der Waals surface area contributed by atoms with E-state index >= 15 is 0 Å². The third-order valence-corrected chi connectivity index (χ3v) is 3.44. The van der Waals surface area contributed by atoms with Gasteiger partial charge in [0.2, 0.25) is 0 Å². The van der Waals surface area contributed by atoms with Gasteiger partial charge in [0.1, 0.15) is 5.84 Å². The quantitative estimate of drug-likeness (QED) is 0.289. The van der Waals surface area contributed by atoms with Gasteiger partial charge in [0, 0.05) is 13.0 Å². The first-order valence-electron chi connectivity index (χ1n) is 7.04. The van der Waals surface area contributed by atoms with E-state index < -0.39 is 6.10 Å². The van der Waals surface area contributed by atoms with Gasteiger partial charge < -0.3 is 20.9 Å². The van der Waals surface area contributed by atoms with Gasteiger partial charge in [-0.25, -0.2) is 0 Å². The molecule has 0 radical (unpaired) electrons. The minimum Gasteiger partial charge on any atom is -0.409 e. The summed E-state index contributed by atoms with van der Waals surface area (Å²) in [6.45, 7) is 6.69. The van der Waals surface area contributed by atoms with Crippen LogP contribution in [0.15, 0.2) is 29.4 Å². The summed E-state index contributed by atoms with van der Waals surface area (Å²) in [5, 5.41) is 21.9. The second-order valence-corrected chi connectivity index (χ2v) is 4.88. The maximum absolute atomic E-state index is 10.2. The third-order valence-electron chi connectivity index (χ3n) is 3.44. The van der Waals surface area contributed by atoms with Gasteiger partial charge in [-0.3, -0.25) is 0 Å². The number of hydrogen-bond acceptors (Lipinski definition) is 4. The topological polar surface area (TPSA) is 82.1 Å². The third kappa shape index (κ3) is 5.19. The van der Waals surface area contributed by atoms with Gasteiger partial charge in [-0.05, 0) is 30.6 Å². The van der Waals surface area contributed by atoms with Crippen molar-refractivity contribution >= 4 is 5.84 Å². The van der Waals surface area contributed by atoms with E-state index in [1.165, 1.54) is 0 Å². The normalized spacial score (nSPS) is 13.7. The zero-order valence-electron chi connectivity index (χ0n) is 12.3. The SMILES string of the molecule is CCN(CC)CC(O)Cc1ccccc1CC(N)=NO. The molecule has 1 aromatic carbocycles. The Kier molecular flexibility index (Phi) is 7.04. The van der Waals surface area contributed by atoms with E-state index in [0.717, 1.165) is 24.2 Å². The van der Waals surface area contributed by atoms with E-state index in [9.17, 15) is 5.11 Å². The number of nitrogens with two attached hydrogens (primary N) is 1. The predicted octanol–water partition coefficient (Wildman–Crippen LogP) is 1.22. The number of likely N-dealkylation sites (N-methyl/N-ethyl adjacent to an activating group) is 1. The van der Waals surface area contributed by atoms with Crippen molar-refractivity contribution in [3.63, 3.8) is 0 Å². The zero-order valence-corrected chi connectivity index (χ0v) is 12.3. The number of hydrogen-bond donors (Lipinski definition) is 3. The Labute approximate surface area is 120 Å². The largest absolute Gasteiger partial charge is 0.409 e. The molecule has 4 N–H and O–H groups in total. The first-order chi connectivity index (χ1) is 9.60. The fourth-order valence-electron chi connectivity index (χ4n) is 2.26. The van der Waals surface area contributed by atoms with Gasteiger partial charge in [0.25, 0.3) is 0 Å². The molecule has 5 heteroatoms. The highest BCUT2D eigenvalue weighted by Gasteiger charge is 2.12. The summed E-state index contributed by atoms with van der Waals surface area (Å²) >= 11 is 0. The number of benzene rings is 1. The number of aliphatic hydroxyl groups is 1. The number of amidine groups is 1. The van der Waals surface area contributed by atoms with Crippen LogP contribution in [-0.4, -0.2) is 46.8 Å². The Bertz CT molecular complexity index is 431. The molecule has 0 aliphatic carbocycles. The van der Waals surface area contributed by atoms with Crippen LogP contribution in [0.3, 0.4) is 0 Å². The highest BCUT2D eigenvalue weighted by atomic mass is 16.4. The summed E-state index contributed by atoms with van der Waals surface area (Å²) in [5.74, 6) is 0.177. The van der Waals surface area contributed by atoms with Crippen LogP contribution in [0.5, 0.6) is 0 Å². The summed E-state index contributed by atoms with van der Waals surface area (Å²) in [7, 11) is 0. The Morgan fingerprint density at radius 1 is 1.25 bits per heavy atom. The van der Waals surface area contributed by atoms with Crippen LogP contribution in [0.1, 0.15) is 25.0 Å². The Morgan fingerprint density at radius 2 is 1.85 bits per heavy atom. The van der Waals surface area contributed by atoms with E-state index in [1.54, 1.807) is 0 Å². The molecule has 1 aromatic rings. The molecule has 1 rings (SSSR count). The van der Waals surface area contributed by atoms with Crippen molar-refractivity contribution in [3.05, 3.63) is 35.4 Å². The van der Waals surface area contributed by atoms with Crippen molar-refractivity contribution in [2.24, 2.45) is 10.9 Å². The molecular formula is C15H25N3O2. The molecule has 0 spiro atoms. The number of nitrogens with zero attached hydrogens (tertiary/aromatic N) is 2. The molecule has 0 bridgehead atoms. The van der Waals surface area contributed by atoms with E-state index in [2.05, 4.69) is 23.9 Å². The zero-order chi connectivity index (χ0) is 15.0. The lowest BCUT2D eigenvalue weighted by molar-refractivity contribution is 0.118. The summed E-state index contributed by atoms with van der Waals surface area (Å²) in [6, 6.07) is 7.78. The van der Waals surface area contributed by atoms with Crippen LogP contribution >= 0.6 is 0 Å². The molecule has 0 saturated heterocycles. The lowest BCUT2D eigenvalue weighted by atomic mass is 9.99. The van der Waals surface area contributed by atoms with Gasteiger partial charge in [0.05, 0.1) is 6.10 Å². The molecule has 5 nitrogen and oxygen atoms in total. The molecule has 0 aliphatic heterocycles. The lowest BCUT2D eigenvalue weighted by Gasteiger charge is -2.22. The Morgan fingerprint density at radius 3 is 2.40 bits per heavy atom. The van der Waals surface area contributed by atoms with E-state index in [-0.39, 0.29) is 5.84 Å². The summed E-state index contributed by atoms with van der Waals surface area (Å²) in [6.07, 6.45) is 0.555. The highest BCUT2D eigenvalue weighted by Crippen LogP contribution is 2.13. The molecule has 0 aliphatic rings. The second kappa shape index (κ2) is 8.55. The van der Waals surface area contributed by atoms with Crippen molar-refractivity contribution < 1.29 is 10.3 Å². The van der Waals surface area contributed by atoms with Crippen molar-refractivity contribution in [1.82, 2.24) is 4.90 Å². The second-order valence-electron chi connectivity index (χ2n) is 4.88. The molecule has 20 heavy (non-hydrogen) atoms. The fraction of sp³-hybridized carbons (Fsp3) is 0.533. The summed E-state index contributed by atoms with van der Waals surface area (Å²) in [4.78, 5) is 2.19. The summed E-state index contributed by atoms with van der Waals surface area (Å²) in [5.41, 5.74) is 7.59. The number of aliphatic hydroxyl groups excluding tert-OH is 1. The average molecular weight is 279 g/mol. The smallest absolute Gasteiger partial charge is 0.143 e. The lowest BCUT2D eigenvalue weighted by Crippen LogP contribution is -2.33. The molecule has 1 atom stereocenters. The monoisotopic (exact) mass is 279 g/mol. The van der Waals surface area contributed by atoms with Crippen molar-refractivity contribution in [2.75, 3.05) is 19.6 Å². The van der Waals surface area contributed by atoms with Crippen molar-refractivity contribution in [3.8, 4) is 0 Å². The molecule has 0 fully saturated rings. The van der Waals surface area contributed by atoms with Crippen LogP contribution in [0, 0.1) is 0 Å². The first-order valence-corrected chi connectivity index (χ1v) is 7.04. The molecular weight excluding hydrogens is 254 g/mol. The predicted molar refractivity (Wildman–Crippen MR) is 81.1 cm³/mol. The minimum atomic E-state index is -0.414. The van der Waals surface area contributed by atoms with Gasteiger partial charge in [-0.1, -0.05) is 43.3 Å². The van der Waals surface area contributed by atoms with Crippen LogP contribution in [-0.2, 0) is 12.8 Å². The van der Waals surface area contributed by atoms with Crippen LogP contribution in [0.2, 0.25) is 0 Å². The van der Waals surface area contributed by atoms with Crippen LogP contribution in [0.4, 0.5) is 0 Å². The molecule has 1 unspecified atom stereocenters. The molecule has 0 amide bonds. The fourth-order valence-corrected chi connectivity index (χ4v) is 2.26. The molecule has 0 heterocycles. The molecule has 112 valence electrons. The molecule has 0 saturated carbocycles. The van der Waals surface area contributed by atoms with E-state index in [0.29, 0.717) is 19.4 Å². The standard InChI is InChI=1S/C15H25N3O2/c1-3-18(4-2)11-14(19)9-12-7-5-6-8-13(12)10-15(16)17-20/h5-8,14,19-20H,3-4,9-11H2,1-2H3,(H2,16,17). The number of oxime groups is 1. The van der Waals surface area contributed by atoms with Gasteiger partial charge >= 0.3 is 0 Å². The van der Waals surface area contributed by atoms with E-state index in [4.69, 9.17) is 10.9 Å². The maximum Gasteiger partial charge on any atom is 0.143 e. The van der Waals surface area contributed by atoms with E-state index in [1.807, 2.05) is 24.3 Å². The Hall–Kier alpha value is -1.59. The van der Waals surface area contributed by atoms with Gasteiger partial charge in [-0.15, -0.1) is 0 Å². The van der Waals surface area contributed by atoms with Gasteiger partial charge in [0.15, 0.2) is 0 Å². The first kappa shape index (κ1) is 16.5. The number of rotatable bonds is 8. The Balaban J connectivity index is 2.71. The minimum absolute atomic E-state index is 0.177. The highest BCUT2D eigenvalue weighted by molar-refractivity contribution is 5.82. The van der Waals surface area contributed by atoms with Crippen molar-refractivity contribution in [1.29, 1.82) is 0 Å². The average Bonchev–Trinajstić information content (AvgIpc) is 2.46. The van der Waals surface area contributed by atoms with Crippen LogP contribution < -0.4 is 5.73 Å². The van der Waals surface area contributed by atoms with Crippen molar-refractivity contribution in [2.45, 2.75) is 32.8 Å². The maximum atomic E-state index is 10.2. The van der Waals surface area contributed by atoms with Gasteiger partial charge in [-0.2, -0.15) is 0 Å². The van der Waals surface area contributed by atoms with Crippen LogP contribution in [0.25, 0.3) is 0 Å². The summed E-state index contributed by atoms with van der Waals surface area (Å²) < 4.78 is 0.